The zero-order valence-corrected chi connectivity index (χ0v) is 16.0. The van der Waals surface area contributed by atoms with Crippen LogP contribution in [-0.2, 0) is 11.2 Å². The van der Waals surface area contributed by atoms with Crippen LogP contribution in [0.4, 0.5) is 11.4 Å². The number of rotatable bonds is 6. The Balaban J connectivity index is 1.73. The van der Waals surface area contributed by atoms with E-state index in [0.29, 0.717) is 29.1 Å². The van der Waals surface area contributed by atoms with Gasteiger partial charge in [-0.25, -0.2) is 0 Å². The van der Waals surface area contributed by atoms with Crippen LogP contribution in [0.2, 0.25) is 5.02 Å². The van der Waals surface area contributed by atoms with Crippen molar-refractivity contribution in [3.05, 3.63) is 58.6 Å². The first kappa shape index (κ1) is 19.2. The summed E-state index contributed by atoms with van der Waals surface area (Å²) in [6.45, 7) is 1.89. The molecule has 1 fully saturated rings. The Kier molecular flexibility index (Phi) is 6.35. The number of benzene rings is 2. The van der Waals surface area contributed by atoms with Crippen molar-refractivity contribution in [3.63, 3.8) is 0 Å². The Morgan fingerprint density at radius 3 is 2.56 bits per heavy atom. The Labute approximate surface area is 164 Å². The van der Waals surface area contributed by atoms with Crippen LogP contribution in [0.1, 0.15) is 41.6 Å². The van der Waals surface area contributed by atoms with E-state index < -0.39 is 5.91 Å². The maximum Gasteiger partial charge on any atom is 0.248 e. The van der Waals surface area contributed by atoms with Gasteiger partial charge in [-0.2, -0.15) is 0 Å². The third-order valence-corrected chi connectivity index (χ3v) is 5.02. The van der Waals surface area contributed by atoms with Crippen LogP contribution >= 0.6 is 11.6 Å². The average Bonchev–Trinajstić information content (AvgIpc) is 2.67. The van der Waals surface area contributed by atoms with Crippen molar-refractivity contribution in [2.45, 2.75) is 32.1 Å². The third-order valence-electron chi connectivity index (χ3n) is 4.78. The van der Waals surface area contributed by atoms with Crippen LogP contribution in [0.15, 0.2) is 42.5 Å². The second kappa shape index (κ2) is 8.91. The van der Waals surface area contributed by atoms with Gasteiger partial charge < -0.3 is 16.0 Å². The predicted molar refractivity (Wildman–Crippen MR) is 109 cm³/mol. The van der Waals surface area contributed by atoms with Crippen molar-refractivity contribution in [1.82, 2.24) is 0 Å². The van der Waals surface area contributed by atoms with Crippen molar-refractivity contribution in [2.24, 2.45) is 5.73 Å². The molecule has 1 aliphatic rings. The lowest BCUT2D eigenvalue weighted by Crippen LogP contribution is -2.30. The van der Waals surface area contributed by atoms with E-state index in [0.717, 1.165) is 37.2 Å². The van der Waals surface area contributed by atoms with Gasteiger partial charge in [0.15, 0.2) is 0 Å². The number of piperidine rings is 1. The van der Waals surface area contributed by atoms with E-state index in [4.69, 9.17) is 17.3 Å². The fourth-order valence-electron chi connectivity index (χ4n) is 3.36. The monoisotopic (exact) mass is 385 g/mol. The van der Waals surface area contributed by atoms with Crippen LogP contribution in [0.25, 0.3) is 0 Å². The van der Waals surface area contributed by atoms with Gasteiger partial charge in [0.05, 0.1) is 11.4 Å². The van der Waals surface area contributed by atoms with Crippen LogP contribution < -0.4 is 16.0 Å². The van der Waals surface area contributed by atoms with Gasteiger partial charge in [-0.05, 0) is 61.6 Å². The topological polar surface area (TPSA) is 75.4 Å². The summed E-state index contributed by atoms with van der Waals surface area (Å²) in [5, 5.41) is 3.63. The molecule has 1 aliphatic heterocycles. The first-order valence-electron chi connectivity index (χ1n) is 9.26. The third kappa shape index (κ3) is 5.23. The SMILES string of the molecule is NC(=O)c1ccc(N2CCCCC2)c(NC(=O)CCc2cccc(Cl)c2)c1. The lowest BCUT2D eigenvalue weighted by atomic mass is 10.1. The van der Waals surface area contributed by atoms with Crippen LogP contribution in [-0.4, -0.2) is 24.9 Å². The number of carbonyl (C=O) groups is 2. The molecule has 0 aromatic heterocycles. The minimum absolute atomic E-state index is 0.102. The van der Waals surface area contributed by atoms with E-state index in [2.05, 4.69) is 10.2 Å². The standard InChI is InChI=1S/C21H24ClN3O2/c22-17-6-4-5-15(13-17)7-10-20(26)24-18-14-16(21(23)27)8-9-19(18)25-11-2-1-3-12-25/h4-6,8-9,13-14H,1-3,7,10-12H2,(H2,23,27)(H,24,26). The van der Waals surface area contributed by atoms with Gasteiger partial charge in [-0.1, -0.05) is 23.7 Å². The molecule has 142 valence electrons. The Morgan fingerprint density at radius 2 is 1.85 bits per heavy atom. The zero-order chi connectivity index (χ0) is 19.2. The normalized spacial score (nSPS) is 14.0. The molecule has 0 spiro atoms. The van der Waals surface area contributed by atoms with Crippen molar-refractivity contribution in [1.29, 1.82) is 0 Å². The average molecular weight is 386 g/mol. The highest BCUT2D eigenvalue weighted by Crippen LogP contribution is 2.30. The van der Waals surface area contributed by atoms with Gasteiger partial charge in [-0.15, -0.1) is 0 Å². The van der Waals surface area contributed by atoms with Crippen molar-refractivity contribution >= 4 is 34.8 Å². The quantitative estimate of drug-likeness (QED) is 0.789. The number of anilines is 2. The van der Waals surface area contributed by atoms with E-state index in [-0.39, 0.29) is 5.91 Å². The number of nitrogens with two attached hydrogens (primary N) is 1. The summed E-state index contributed by atoms with van der Waals surface area (Å²) in [4.78, 5) is 26.3. The van der Waals surface area contributed by atoms with Gasteiger partial charge in [-0.3, -0.25) is 9.59 Å². The predicted octanol–water partition coefficient (Wildman–Crippen LogP) is 4.00. The Bertz CT molecular complexity index is 832. The molecule has 27 heavy (non-hydrogen) atoms. The number of nitrogens with zero attached hydrogens (tertiary/aromatic N) is 1. The van der Waals surface area contributed by atoms with Crippen LogP contribution in [0.5, 0.6) is 0 Å². The Morgan fingerprint density at radius 1 is 1.07 bits per heavy atom. The second-order valence-electron chi connectivity index (χ2n) is 6.82. The van der Waals surface area contributed by atoms with Crippen molar-refractivity contribution < 1.29 is 9.59 Å². The van der Waals surface area contributed by atoms with E-state index in [1.807, 2.05) is 30.3 Å². The number of primary amides is 1. The molecule has 0 radical (unpaired) electrons. The van der Waals surface area contributed by atoms with E-state index in [1.54, 1.807) is 12.1 Å². The molecular weight excluding hydrogens is 362 g/mol. The van der Waals surface area contributed by atoms with Crippen molar-refractivity contribution in [2.75, 3.05) is 23.3 Å². The van der Waals surface area contributed by atoms with Crippen molar-refractivity contribution in [3.8, 4) is 0 Å². The number of amides is 2. The molecule has 0 bridgehead atoms. The highest BCUT2D eigenvalue weighted by molar-refractivity contribution is 6.30. The summed E-state index contributed by atoms with van der Waals surface area (Å²) in [6.07, 6.45) is 4.40. The molecule has 0 aliphatic carbocycles. The first-order chi connectivity index (χ1) is 13.0. The molecule has 1 heterocycles. The van der Waals surface area contributed by atoms with E-state index >= 15 is 0 Å². The molecule has 3 rings (SSSR count). The molecule has 2 aromatic rings. The summed E-state index contributed by atoms with van der Waals surface area (Å²) in [5.74, 6) is -0.607. The fraction of sp³-hybridized carbons (Fsp3) is 0.333. The highest BCUT2D eigenvalue weighted by Gasteiger charge is 2.17. The highest BCUT2D eigenvalue weighted by atomic mass is 35.5. The summed E-state index contributed by atoms with van der Waals surface area (Å²) >= 11 is 5.99. The number of aryl methyl sites for hydroxylation is 1. The molecule has 2 amide bonds. The molecule has 6 heteroatoms. The molecule has 0 saturated carbocycles. The zero-order valence-electron chi connectivity index (χ0n) is 15.2. The maximum absolute atomic E-state index is 12.5. The Hall–Kier alpha value is -2.53. The number of hydrogen-bond donors (Lipinski definition) is 2. The minimum Gasteiger partial charge on any atom is -0.370 e. The van der Waals surface area contributed by atoms with Crippen LogP contribution in [0.3, 0.4) is 0 Å². The first-order valence-corrected chi connectivity index (χ1v) is 9.64. The van der Waals surface area contributed by atoms with E-state index in [9.17, 15) is 9.59 Å². The number of carbonyl (C=O) groups excluding carboxylic acids is 2. The fourth-order valence-corrected chi connectivity index (χ4v) is 3.58. The number of nitrogens with one attached hydrogen (secondary N) is 1. The lowest BCUT2D eigenvalue weighted by molar-refractivity contribution is -0.116. The molecule has 0 atom stereocenters. The van der Waals surface area contributed by atoms with E-state index in [1.165, 1.54) is 6.42 Å². The van der Waals surface area contributed by atoms with Gasteiger partial charge in [0, 0.05) is 30.1 Å². The van der Waals surface area contributed by atoms with Gasteiger partial charge in [0.1, 0.15) is 0 Å². The molecule has 1 saturated heterocycles. The smallest absolute Gasteiger partial charge is 0.248 e. The molecule has 0 unspecified atom stereocenters. The summed E-state index contributed by atoms with van der Waals surface area (Å²) < 4.78 is 0. The largest absolute Gasteiger partial charge is 0.370 e. The number of halogens is 1. The van der Waals surface area contributed by atoms with Crippen LogP contribution in [0, 0.1) is 0 Å². The lowest BCUT2D eigenvalue weighted by Gasteiger charge is -2.30. The minimum atomic E-state index is -0.505. The molecule has 5 nitrogen and oxygen atoms in total. The number of hydrogen-bond acceptors (Lipinski definition) is 3. The van der Waals surface area contributed by atoms with Gasteiger partial charge in [0.25, 0.3) is 0 Å². The van der Waals surface area contributed by atoms with Gasteiger partial charge >= 0.3 is 0 Å². The van der Waals surface area contributed by atoms with Gasteiger partial charge in [0.2, 0.25) is 11.8 Å². The summed E-state index contributed by atoms with van der Waals surface area (Å²) in [6, 6.07) is 12.8. The summed E-state index contributed by atoms with van der Waals surface area (Å²) in [5.41, 5.74) is 8.40. The summed E-state index contributed by atoms with van der Waals surface area (Å²) in [7, 11) is 0. The molecule has 3 N–H and O–H groups in total. The second-order valence-corrected chi connectivity index (χ2v) is 7.26. The molecular formula is C21H24ClN3O2. The maximum atomic E-state index is 12.5. The molecule has 2 aromatic carbocycles.